The van der Waals surface area contributed by atoms with Crippen molar-refractivity contribution in [2.45, 2.75) is 69.5 Å². The van der Waals surface area contributed by atoms with Gasteiger partial charge in [-0.15, -0.1) is 0 Å². The number of rotatable bonds is 4. The molecule has 3 fully saturated rings. The summed E-state index contributed by atoms with van der Waals surface area (Å²) in [6, 6.07) is 11.0. The van der Waals surface area contributed by atoms with Crippen LogP contribution in [-0.2, 0) is 19.3 Å². The summed E-state index contributed by atoms with van der Waals surface area (Å²) in [5, 5.41) is 7.18. The van der Waals surface area contributed by atoms with E-state index in [0.29, 0.717) is 30.7 Å². The lowest BCUT2D eigenvalue weighted by atomic mass is 9.67. The van der Waals surface area contributed by atoms with Gasteiger partial charge in [0.1, 0.15) is 12.4 Å². The highest BCUT2D eigenvalue weighted by Crippen LogP contribution is 2.46. The van der Waals surface area contributed by atoms with Gasteiger partial charge in [-0.3, -0.25) is 0 Å². The van der Waals surface area contributed by atoms with E-state index in [1.165, 1.54) is 60.4 Å². The number of hydrogen-bond donors (Lipinski definition) is 2. The van der Waals surface area contributed by atoms with Crippen molar-refractivity contribution in [2.75, 3.05) is 49.6 Å². The zero-order valence-electron chi connectivity index (χ0n) is 20.9. The third-order valence-electron chi connectivity index (χ3n) is 9.24. The highest BCUT2D eigenvalue weighted by molar-refractivity contribution is 5.58. The second-order valence-electron chi connectivity index (χ2n) is 11.6. The predicted octanol–water partition coefficient (Wildman–Crippen LogP) is 2.72. The summed E-state index contributed by atoms with van der Waals surface area (Å²) in [4.78, 5) is 15.3. The molecule has 0 amide bonds. The van der Waals surface area contributed by atoms with E-state index in [2.05, 4.69) is 51.7 Å². The van der Waals surface area contributed by atoms with Crippen LogP contribution >= 0.6 is 0 Å². The molecule has 5 aliphatic rings. The fourth-order valence-corrected chi connectivity index (χ4v) is 7.57. The number of anilines is 2. The summed E-state index contributed by atoms with van der Waals surface area (Å²) in [5.41, 5.74) is 5.72. The Morgan fingerprint density at radius 1 is 1.09 bits per heavy atom. The molecule has 2 N–H and O–H groups in total. The first-order chi connectivity index (χ1) is 17.2. The van der Waals surface area contributed by atoms with Crippen molar-refractivity contribution in [3.05, 3.63) is 41.1 Å². The average Bonchev–Trinajstić information content (AvgIpc) is 3.47. The second-order valence-corrected chi connectivity index (χ2v) is 11.6. The summed E-state index contributed by atoms with van der Waals surface area (Å²) < 4.78 is 6.29. The third-order valence-corrected chi connectivity index (χ3v) is 9.24. The van der Waals surface area contributed by atoms with Crippen LogP contribution in [0.4, 0.5) is 11.5 Å². The summed E-state index contributed by atoms with van der Waals surface area (Å²) in [6.07, 6.45) is 9.31. The Kier molecular flexibility index (Phi) is 5.39. The van der Waals surface area contributed by atoms with Crippen molar-refractivity contribution in [3.63, 3.8) is 0 Å². The van der Waals surface area contributed by atoms with E-state index < -0.39 is 0 Å². The van der Waals surface area contributed by atoms with Gasteiger partial charge in [0.2, 0.25) is 0 Å². The van der Waals surface area contributed by atoms with Crippen LogP contribution in [0, 0.1) is 5.41 Å². The second kappa shape index (κ2) is 8.63. The molecule has 7 nitrogen and oxygen atoms in total. The van der Waals surface area contributed by atoms with Gasteiger partial charge in [-0.25, -0.2) is 0 Å². The van der Waals surface area contributed by atoms with Crippen molar-refractivity contribution in [1.29, 1.82) is 0 Å². The first-order valence-electron chi connectivity index (χ1n) is 13.7. The van der Waals surface area contributed by atoms with E-state index in [1.54, 1.807) is 0 Å². The Morgan fingerprint density at radius 2 is 1.94 bits per heavy atom. The topological polar surface area (TPSA) is 65.5 Å². The number of ether oxygens (including phenoxy) is 1. The SMILES string of the molecule is CN1C[C@]2(CCc3c(nc(OC[C@@H]4CCCN4)nc3N3[C@@H]4CC[C@H]3CNC4)C2)Cc2ccccc21. The number of aromatic nitrogens is 2. The van der Waals surface area contributed by atoms with Gasteiger partial charge < -0.3 is 25.2 Å². The van der Waals surface area contributed by atoms with Crippen LogP contribution in [-0.4, -0.2) is 67.9 Å². The van der Waals surface area contributed by atoms with Gasteiger partial charge in [0.15, 0.2) is 0 Å². The molecule has 1 aliphatic carbocycles. The van der Waals surface area contributed by atoms with Crippen LogP contribution in [0.3, 0.4) is 0 Å². The van der Waals surface area contributed by atoms with Gasteiger partial charge in [-0.2, -0.15) is 9.97 Å². The maximum atomic E-state index is 6.29. The van der Waals surface area contributed by atoms with Crippen LogP contribution in [0.1, 0.15) is 48.9 Å². The Labute approximate surface area is 208 Å². The smallest absolute Gasteiger partial charge is 0.318 e. The van der Waals surface area contributed by atoms with E-state index in [-0.39, 0.29) is 5.41 Å². The van der Waals surface area contributed by atoms with E-state index >= 15 is 0 Å². The highest BCUT2D eigenvalue weighted by atomic mass is 16.5. The zero-order chi connectivity index (χ0) is 23.4. The highest BCUT2D eigenvalue weighted by Gasteiger charge is 2.44. The molecule has 3 saturated heterocycles. The standard InChI is InChI=1S/C28H38N6O/c1-33-18-28(13-19-5-2-3-7-25(19)33)11-10-23-24(14-28)31-27(35-17-20-6-4-12-30-20)32-26(23)34-21-8-9-22(34)16-29-15-21/h2-3,5,7,20-22,29-30H,4,6,8-18H2,1H3/t20-,21-,22+,28+/m0/s1. The summed E-state index contributed by atoms with van der Waals surface area (Å²) in [6.45, 7) is 4.95. The average molecular weight is 475 g/mol. The van der Waals surface area contributed by atoms with Gasteiger partial charge in [0.05, 0.1) is 5.69 Å². The molecule has 5 heterocycles. The lowest BCUT2D eigenvalue weighted by Gasteiger charge is -2.46. The lowest BCUT2D eigenvalue weighted by Crippen LogP contribution is -2.53. The number of piperazine rings is 1. The number of nitrogens with one attached hydrogen (secondary N) is 2. The molecule has 186 valence electrons. The molecule has 1 spiro atoms. The maximum absolute atomic E-state index is 6.29. The molecule has 2 aromatic rings. The van der Waals surface area contributed by atoms with Gasteiger partial charge >= 0.3 is 6.01 Å². The minimum atomic E-state index is 0.231. The van der Waals surface area contributed by atoms with Gasteiger partial charge in [0.25, 0.3) is 0 Å². The van der Waals surface area contributed by atoms with Gasteiger partial charge in [-0.05, 0) is 75.0 Å². The molecule has 35 heavy (non-hydrogen) atoms. The summed E-state index contributed by atoms with van der Waals surface area (Å²) >= 11 is 0. The van der Waals surface area contributed by atoms with Crippen molar-refractivity contribution >= 4 is 11.5 Å². The predicted molar refractivity (Wildman–Crippen MR) is 139 cm³/mol. The number of fused-ring (bicyclic) bond motifs is 4. The number of hydrogen-bond acceptors (Lipinski definition) is 7. The minimum Gasteiger partial charge on any atom is -0.462 e. The largest absolute Gasteiger partial charge is 0.462 e. The minimum absolute atomic E-state index is 0.231. The molecule has 7 heteroatoms. The van der Waals surface area contributed by atoms with Crippen molar-refractivity contribution < 1.29 is 4.74 Å². The van der Waals surface area contributed by atoms with E-state index in [1.807, 2.05) is 0 Å². The monoisotopic (exact) mass is 474 g/mol. The Balaban J connectivity index is 1.23. The molecule has 7 rings (SSSR count). The van der Waals surface area contributed by atoms with E-state index in [0.717, 1.165) is 45.4 Å². The molecular formula is C28H38N6O. The molecule has 4 aliphatic heterocycles. The summed E-state index contributed by atoms with van der Waals surface area (Å²) in [7, 11) is 2.25. The number of para-hydroxylation sites is 1. The van der Waals surface area contributed by atoms with Crippen molar-refractivity contribution in [2.24, 2.45) is 5.41 Å². The molecule has 1 aromatic carbocycles. The fourth-order valence-electron chi connectivity index (χ4n) is 7.57. The molecule has 0 unspecified atom stereocenters. The van der Waals surface area contributed by atoms with E-state index in [9.17, 15) is 0 Å². The molecule has 0 radical (unpaired) electrons. The first-order valence-corrected chi connectivity index (χ1v) is 13.7. The first kappa shape index (κ1) is 21.9. The third kappa shape index (κ3) is 3.87. The van der Waals surface area contributed by atoms with Crippen molar-refractivity contribution in [1.82, 2.24) is 20.6 Å². The molecule has 0 saturated carbocycles. The maximum Gasteiger partial charge on any atom is 0.318 e. The Hall–Kier alpha value is -2.38. The van der Waals surface area contributed by atoms with Crippen LogP contribution in [0.5, 0.6) is 6.01 Å². The molecule has 2 bridgehead atoms. The van der Waals surface area contributed by atoms with Gasteiger partial charge in [-0.1, -0.05) is 18.2 Å². The van der Waals surface area contributed by atoms with Crippen LogP contribution < -0.4 is 25.2 Å². The fraction of sp³-hybridized carbons (Fsp3) is 0.643. The van der Waals surface area contributed by atoms with Gasteiger partial charge in [0, 0.05) is 56.1 Å². The molecule has 4 atom stereocenters. The normalized spacial score (nSPS) is 31.5. The van der Waals surface area contributed by atoms with Crippen LogP contribution in [0.15, 0.2) is 24.3 Å². The number of nitrogens with zero attached hydrogens (tertiary/aromatic N) is 4. The van der Waals surface area contributed by atoms with Crippen molar-refractivity contribution in [3.8, 4) is 6.01 Å². The quantitative estimate of drug-likeness (QED) is 0.706. The van der Waals surface area contributed by atoms with Crippen LogP contribution in [0.25, 0.3) is 0 Å². The zero-order valence-corrected chi connectivity index (χ0v) is 20.9. The van der Waals surface area contributed by atoms with E-state index in [4.69, 9.17) is 14.7 Å². The summed E-state index contributed by atoms with van der Waals surface area (Å²) in [5.74, 6) is 1.18. The molecule has 1 aromatic heterocycles. The Morgan fingerprint density at radius 3 is 2.77 bits per heavy atom. The lowest BCUT2D eigenvalue weighted by molar-refractivity contribution is 0.229. The molecular weight excluding hydrogens is 436 g/mol. The van der Waals surface area contributed by atoms with Crippen LogP contribution in [0.2, 0.25) is 0 Å². The Bertz CT molecular complexity index is 1080. The number of benzene rings is 1.